The highest BCUT2D eigenvalue weighted by Gasteiger charge is 2.21. The second-order valence-corrected chi connectivity index (χ2v) is 9.13. The Morgan fingerprint density at radius 3 is 2.29 bits per heavy atom. The fourth-order valence-electron chi connectivity index (χ4n) is 3.43. The Morgan fingerprint density at radius 2 is 1.75 bits per heavy atom. The van der Waals surface area contributed by atoms with Crippen molar-refractivity contribution in [3.63, 3.8) is 0 Å². The molecular weight excluding hydrogens is 324 g/mol. The number of amides is 1. The number of carbonyl (C=O) groups excluding carboxylic acids is 1. The molecule has 1 aromatic carbocycles. The number of hydrogen-bond donors (Lipinski definition) is 1. The third-order valence-corrected chi connectivity index (χ3v) is 5.55. The van der Waals surface area contributed by atoms with Gasteiger partial charge in [0.25, 0.3) is 5.91 Å². The van der Waals surface area contributed by atoms with E-state index in [0.717, 1.165) is 44.1 Å². The molecule has 0 aromatic heterocycles. The van der Waals surface area contributed by atoms with Crippen molar-refractivity contribution in [3.8, 4) is 0 Å². The number of likely N-dealkylation sites (tertiary alicyclic amines) is 1. The van der Waals surface area contributed by atoms with Crippen LogP contribution in [-0.4, -0.2) is 51.7 Å². The molecule has 0 spiro atoms. The normalized spacial score (nSPS) is 22.3. The summed E-state index contributed by atoms with van der Waals surface area (Å²) in [6.07, 6.45) is 3.38. The fraction of sp³-hybridized carbons (Fsp3) is 0.611. The molecule has 2 atom stereocenters. The molecule has 1 saturated heterocycles. The first-order valence-corrected chi connectivity index (χ1v) is 10.5. The van der Waals surface area contributed by atoms with Gasteiger partial charge in [0, 0.05) is 31.5 Å². The van der Waals surface area contributed by atoms with Gasteiger partial charge in [-0.25, -0.2) is 8.42 Å². The van der Waals surface area contributed by atoms with Gasteiger partial charge in [-0.1, -0.05) is 13.8 Å². The molecule has 24 heavy (non-hydrogen) atoms. The van der Waals surface area contributed by atoms with Gasteiger partial charge in [-0.15, -0.1) is 0 Å². The Hall–Kier alpha value is -1.40. The molecule has 1 aliphatic rings. The molecule has 1 aromatic rings. The molecule has 1 aliphatic heterocycles. The molecule has 1 heterocycles. The second kappa shape index (κ2) is 8.12. The number of carbonyl (C=O) groups is 1. The van der Waals surface area contributed by atoms with E-state index >= 15 is 0 Å². The highest BCUT2D eigenvalue weighted by Crippen LogP contribution is 2.20. The van der Waals surface area contributed by atoms with Crippen LogP contribution in [0, 0.1) is 11.8 Å². The second-order valence-electron chi connectivity index (χ2n) is 7.11. The monoisotopic (exact) mass is 352 g/mol. The van der Waals surface area contributed by atoms with Gasteiger partial charge in [0.15, 0.2) is 9.84 Å². The standard InChI is InChI=1S/C18H28N2O3S/c1-14-11-15(2)13-20(12-14)10-4-9-19-18(21)16-5-7-17(8-6-16)24(3,22)23/h5-8,14-15H,4,9-13H2,1-3H3,(H,19,21). The minimum absolute atomic E-state index is 0.157. The first-order valence-electron chi connectivity index (χ1n) is 8.56. The average molecular weight is 353 g/mol. The molecule has 2 unspecified atom stereocenters. The van der Waals surface area contributed by atoms with Crippen molar-refractivity contribution in [2.75, 3.05) is 32.4 Å². The lowest BCUT2D eigenvalue weighted by molar-refractivity contribution is 0.0947. The van der Waals surface area contributed by atoms with Crippen LogP contribution in [0.4, 0.5) is 0 Å². The highest BCUT2D eigenvalue weighted by molar-refractivity contribution is 7.90. The number of nitrogens with one attached hydrogen (secondary N) is 1. The zero-order valence-corrected chi connectivity index (χ0v) is 15.6. The maximum absolute atomic E-state index is 12.1. The van der Waals surface area contributed by atoms with Crippen molar-refractivity contribution in [2.24, 2.45) is 11.8 Å². The van der Waals surface area contributed by atoms with Gasteiger partial charge in [-0.05, 0) is 55.5 Å². The Kier molecular flexibility index (Phi) is 6.40. The summed E-state index contributed by atoms with van der Waals surface area (Å²) in [5, 5.41) is 2.90. The Morgan fingerprint density at radius 1 is 1.17 bits per heavy atom. The van der Waals surface area contributed by atoms with E-state index < -0.39 is 9.84 Å². The minimum Gasteiger partial charge on any atom is -0.352 e. The molecule has 1 fully saturated rings. The first-order chi connectivity index (χ1) is 11.3. The van der Waals surface area contributed by atoms with E-state index in [1.165, 1.54) is 18.6 Å². The van der Waals surface area contributed by atoms with E-state index in [1.54, 1.807) is 12.1 Å². The van der Waals surface area contributed by atoms with Gasteiger partial charge >= 0.3 is 0 Å². The lowest BCUT2D eigenvalue weighted by atomic mass is 9.92. The van der Waals surface area contributed by atoms with Crippen LogP contribution in [0.5, 0.6) is 0 Å². The van der Waals surface area contributed by atoms with Crippen molar-refractivity contribution in [2.45, 2.75) is 31.6 Å². The van der Waals surface area contributed by atoms with Crippen molar-refractivity contribution >= 4 is 15.7 Å². The van der Waals surface area contributed by atoms with Crippen LogP contribution in [0.1, 0.15) is 37.0 Å². The summed E-state index contributed by atoms with van der Waals surface area (Å²) in [6.45, 7) is 8.51. The number of hydrogen-bond acceptors (Lipinski definition) is 4. The van der Waals surface area contributed by atoms with Crippen LogP contribution in [0.3, 0.4) is 0 Å². The van der Waals surface area contributed by atoms with Crippen LogP contribution < -0.4 is 5.32 Å². The molecule has 5 nitrogen and oxygen atoms in total. The largest absolute Gasteiger partial charge is 0.352 e. The molecule has 0 saturated carbocycles. The highest BCUT2D eigenvalue weighted by atomic mass is 32.2. The zero-order valence-electron chi connectivity index (χ0n) is 14.8. The van der Waals surface area contributed by atoms with E-state index in [9.17, 15) is 13.2 Å². The Bertz CT molecular complexity index is 645. The van der Waals surface area contributed by atoms with Crippen molar-refractivity contribution in [3.05, 3.63) is 29.8 Å². The average Bonchev–Trinajstić information content (AvgIpc) is 2.50. The lowest BCUT2D eigenvalue weighted by Gasteiger charge is -2.34. The molecule has 2 rings (SSSR count). The molecule has 1 amide bonds. The van der Waals surface area contributed by atoms with Gasteiger partial charge < -0.3 is 10.2 Å². The summed E-state index contributed by atoms with van der Waals surface area (Å²) in [5.74, 6) is 1.34. The molecule has 134 valence electrons. The predicted octanol–water partition coefficient (Wildman–Crippen LogP) is 2.19. The summed E-state index contributed by atoms with van der Waals surface area (Å²) in [6, 6.07) is 6.06. The minimum atomic E-state index is -3.22. The van der Waals surface area contributed by atoms with Gasteiger partial charge in [-0.2, -0.15) is 0 Å². The SMILES string of the molecule is CC1CC(C)CN(CCCNC(=O)c2ccc(S(C)(=O)=O)cc2)C1. The lowest BCUT2D eigenvalue weighted by Crippen LogP contribution is -2.40. The van der Waals surface area contributed by atoms with Crippen molar-refractivity contribution in [1.82, 2.24) is 10.2 Å². The third-order valence-electron chi connectivity index (χ3n) is 4.43. The van der Waals surface area contributed by atoms with Crippen LogP contribution in [0.2, 0.25) is 0 Å². The van der Waals surface area contributed by atoms with E-state index in [4.69, 9.17) is 0 Å². The maximum atomic E-state index is 12.1. The molecule has 6 heteroatoms. The summed E-state index contributed by atoms with van der Waals surface area (Å²) in [5.41, 5.74) is 0.489. The van der Waals surface area contributed by atoms with Gasteiger partial charge in [0.1, 0.15) is 0 Å². The number of nitrogens with zero attached hydrogens (tertiary/aromatic N) is 1. The Balaban J connectivity index is 1.75. The van der Waals surface area contributed by atoms with Gasteiger partial charge in [0.2, 0.25) is 0 Å². The van der Waals surface area contributed by atoms with Crippen molar-refractivity contribution < 1.29 is 13.2 Å². The van der Waals surface area contributed by atoms with Crippen LogP contribution >= 0.6 is 0 Å². The molecule has 1 N–H and O–H groups in total. The third kappa shape index (κ3) is 5.60. The summed E-state index contributed by atoms with van der Waals surface area (Å²) in [4.78, 5) is 14.8. The Labute approximate surface area is 145 Å². The van der Waals surface area contributed by atoms with Crippen LogP contribution in [0.25, 0.3) is 0 Å². The van der Waals surface area contributed by atoms with E-state index in [0.29, 0.717) is 12.1 Å². The number of piperidine rings is 1. The molecular formula is C18H28N2O3S. The summed E-state index contributed by atoms with van der Waals surface area (Å²) >= 11 is 0. The van der Waals surface area contributed by atoms with Gasteiger partial charge in [-0.3, -0.25) is 4.79 Å². The maximum Gasteiger partial charge on any atom is 0.251 e. The number of benzene rings is 1. The number of rotatable bonds is 6. The van der Waals surface area contributed by atoms with Crippen molar-refractivity contribution in [1.29, 1.82) is 0 Å². The summed E-state index contributed by atoms with van der Waals surface area (Å²) < 4.78 is 22.8. The smallest absolute Gasteiger partial charge is 0.251 e. The first kappa shape index (κ1) is 18.9. The fourth-order valence-corrected chi connectivity index (χ4v) is 4.07. The van der Waals surface area contributed by atoms with Crippen LogP contribution in [-0.2, 0) is 9.84 Å². The molecule has 0 aliphatic carbocycles. The van der Waals surface area contributed by atoms with E-state index in [2.05, 4.69) is 24.1 Å². The quantitative estimate of drug-likeness (QED) is 0.797. The van der Waals surface area contributed by atoms with E-state index in [1.807, 2.05) is 0 Å². The topological polar surface area (TPSA) is 66.5 Å². The predicted molar refractivity (Wildman–Crippen MR) is 95.9 cm³/mol. The summed E-state index contributed by atoms with van der Waals surface area (Å²) in [7, 11) is -3.22. The van der Waals surface area contributed by atoms with Crippen LogP contribution in [0.15, 0.2) is 29.2 Å². The number of sulfone groups is 1. The van der Waals surface area contributed by atoms with Gasteiger partial charge in [0.05, 0.1) is 4.90 Å². The molecule has 0 bridgehead atoms. The molecule has 0 radical (unpaired) electrons. The zero-order chi connectivity index (χ0) is 17.7. The van der Waals surface area contributed by atoms with E-state index in [-0.39, 0.29) is 10.8 Å².